The van der Waals surface area contributed by atoms with Gasteiger partial charge in [-0.15, -0.1) is 0 Å². The predicted octanol–water partition coefficient (Wildman–Crippen LogP) is 1.30. The lowest BCUT2D eigenvalue weighted by atomic mass is 10.2. The van der Waals surface area contributed by atoms with Crippen molar-refractivity contribution >= 4 is 17.7 Å². The summed E-state index contributed by atoms with van der Waals surface area (Å²) in [5, 5.41) is 2.90. The number of amides is 1. The highest BCUT2D eigenvalue weighted by Crippen LogP contribution is 1.99. The van der Waals surface area contributed by atoms with Crippen LogP contribution in [0.15, 0.2) is 0 Å². The van der Waals surface area contributed by atoms with E-state index in [2.05, 4.69) is 31.1 Å². The summed E-state index contributed by atoms with van der Waals surface area (Å²) in [6.45, 7) is 6.18. The molecule has 18 heavy (non-hydrogen) atoms. The molecule has 0 radical (unpaired) electrons. The summed E-state index contributed by atoms with van der Waals surface area (Å²) in [5.74, 6) is 0.926. The van der Waals surface area contributed by atoms with Crippen LogP contribution < -0.4 is 11.1 Å². The van der Waals surface area contributed by atoms with E-state index in [-0.39, 0.29) is 11.9 Å². The molecule has 0 aliphatic rings. The van der Waals surface area contributed by atoms with Gasteiger partial charge in [0.2, 0.25) is 5.91 Å². The molecule has 1 amide bonds. The van der Waals surface area contributed by atoms with E-state index < -0.39 is 0 Å². The Hall–Kier alpha value is -0.260. The van der Waals surface area contributed by atoms with Crippen LogP contribution in [0.5, 0.6) is 0 Å². The molecule has 0 aliphatic heterocycles. The molecule has 3 N–H and O–H groups in total. The summed E-state index contributed by atoms with van der Waals surface area (Å²) in [5.41, 5.74) is 5.77. The molecule has 0 aliphatic carbocycles. The van der Waals surface area contributed by atoms with E-state index in [1.54, 1.807) is 11.8 Å². The number of nitrogens with zero attached hydrogens (tertiary/aromatic N) is 1. The molecule has 0 heterocycles. The summed E-state index contributed by atoms with van der Waals surface area (Å²) in [7, 11) is 2.13. The van der Waals surface area contributed by atoms with Gasteiger partial charge in [-0.05, 0) is 58.7 Å². The second-order valence-electron chi connectivity index (χ2n) is 4.96. The van der Waals surface area contributed by atoms with Crippen molar-refractivity contribution in [2.24, 2.45) is 5.73 Å². The third-order valence-corrected chi connectivity index (χ3v) is 3.73. The normalized spacial score (nSPS) is 13.1. The number of rotatable bonds is 10. The molecule has 0 saturated carbocycles. The molecule has 0 spiro atoms. The monoisotopic (exact) mass is 275 g/mol. The standard InChI is InChI=1S/C13H29N3OS/c1-11(2)16(3)9-6-5-8-15-13(17)12(14)7-10-18-4/h11-12H,5-10,14H2,1-4H3,(H,15,17)/t12-/m1/s1. The summed E-state index contributed by atoms with van der Waals surface area (Å²) in [6.07, 6.45) is 4.89. The van der Waals surface area contributed by atoms with Gasteiger partial charge in [0.05, 0.1) is 6.04 Å². The second kappa shape index (κ2) is 10.6. The minimum Gasteiger partial charge on any atom is -0.355 e. The molecule has 4 nitrogen and oxygen atoms in total. The van der Waals surface area contributed by atoms with E-state index in [0.717, 1.165) is 38.1 Å². The lowest BCUT2D eigenvalue weighted by Crippen LogP contribution is -2.41. The van der Waals surface area contributed by atoms with Crippen molar-refractivity contribution in [1.29, 1.82) is 0 Å². The Bertz CT molecular complexity index is 224. The van der Waals surface area contributed by atoms with Crippen molar-refractivity contribution in [1.82, 2.24) is 10.2 Å². The molecule has 1 atom stereocenters. The first kappa shape index (κ1) is 17.7. The maximum atomic E-state index is 11.6. The lowest BCUT2D eigenvalue weighted by Gasteiger charge is -2.20. The average Bonchev–Trinajstić information content (AvgIpc) is 2.34. The van der Waals surface area contributed by atoms with Crippen molar-refractivity contribution in [3.63, 3.8) is 0 Å². The minimum absolute atomic E-state index is 0.0127. The molecule has 0 aromatic rings. The van der Waals surface area contributed by atoms with Crippen LogP contribution in [0.4, 0.5) is 0 Å². The largest absolute Gasteiger partial charge is 0.355 e. The van der Waals surface area contributed by atoms with Gasteiger partial charge in [0.1, 0.15) is 0 Å². The third-order valence-electron chi connectivity index (χ3n) is 3.09. The van der Waals surface area contributed by atoms with E-state index in [4.69, 9.17) is 5.73 Å². The molecule has 108 valence electrons. The fraction of sp³-hybridized carbons (Fsp3) is 0.923. The summed E-state index contributed by atoms with van der Waals surface area (Å²) in [6, 6.07) is 0.232. The van der Waals surface area contributed by atoms with Gasteiger partial charge in [-0.1, -0.05) is 0 Å². The van der Waals surface area contributed by atoms with E-state index in [0.29, 0.717) is 6.04 Å². The topological polar surface area (TPSA) is 58.4 Å². The Morgan fingerprint density at radius 1 is 1.39 bits per heavy atom. The first-order chi connectivity index (χ1) is 8.49. The lowest BCUT2D eigenvalue weighted by molar-refractivity contribution is -0.122. The molecule has 0 rings (SSSR count). The number of carbonyl (C=O) groups is 1. The van der Waals surface area contributed by atoms with Crippen molar-refractivity contribution in [2.45, 2.75) is 45.2 Å². The van der Waals surface area contributed by atoms with Crippen LogP contribution >= 0.6 is 11.8 Å². The van der Waals surface area contributed by atoms with Crippen LogP contribution in [0.25, 0.3) is 0 Å². The fourth-order valence-electron chi connectivity index (χ4n) is 1.46. The molecule has 0 unspecified atom stereocenters. The van der Waals surface area contributed by atoms with Crippen LogP contribution in [-0.2, 0) is 4.79 Å². The van der Waals surface area contributed by atoms with Gasteiger partial charge in [-0.2, -0.15) is 11.8 Å². The highest BCUT2D eigenvalue weighted by Gasteiger charge is 2.11. The number of nitrogens with one attached hydrogen (secondary N) is 1. The maximum Gasteiger partial charge on any atom is 0.236 e. The van der Waals surface area contributed by atoms with Gasteiger partial charge in [-0.3, -0.25) is 4.79 Å². The highest BCUT2D eigenvalue weighted by atomic mass is 32.2. The van der Waals surface area contributed by atoms with E-state index >= 15 is 0 Å². The van der Waals surface area contributed by atoms with Gasteiger partial charge in [-0.25, -0.2) is 0 Å². The number of thioether (sulfide) groups is 1. The number of hydrogen-bond donors (Lipinski definition) is 2. The first-order valence-corrected chi connectivity index (χ1v) is 8.11. The smallest absolute Gasteiger partial charge is 0.236 e. The summed E-state index contributed by atoms with van der Waals surface area (Å²) < 4.78 is 0. The quantitative estimate of drug-likeness (QED) is 0.590. The Morgan fingerprint density at radius 2 is 2.06 bits per heavy atom. The Balaban J connectivity index is 3.51. The molecule has 0 saturated heterocycles. The number of hydrogen-bond acceptors (Lipinski definition) is 4. The van der Waals surface area contributed by atoms with Crippen LogP contribution in [0.2, 0.25) is 0 Å². The van der Waals surface area contributed by atoms with E-state index in [9.17, 15) is 4.79 Å². The molecule has 0 fully saturated rings. The second-order valence-corrected chi connectivity index (χ2v) is 5.95. The maximum absolute atomic E-state index is 11.6. The molecular weight excluding hydrogens is 246 g/mol. The Morgan fingerprint density at radius 3 is 2.61 bits per heavy atom. The van der Waals surface area contributed by atoms with Crippen molar-refractivity contribution in [2.75, 3.05) is 32.1 Å². The van der Waals surface area contributed by atoms with Gasteiger partial charge in [0.15, 0.2) is 0 Å². The minimum atomic E-state index is -0.351. The van der Waals surface area contributed by atoms with Crippen LogP contribution in [0, 0.1) is 0 Å². The van der Waals surface area contributed by atoms with Gasteiger partial charge >= 0.3 is 0 Å². The van der Waals surface area contributed by atoms with E-state index in [1.807, 2.05) is 6.26 Å². The average molecular weight is 275 g/mol. The van der Waals surface area contributed by atoms with Crippen molar-refractivity contribution in [3.8, 4) is 0 Å². The van der Waals surface area contributed by atoms with Crippen LogP contribution in [-0.4, -0.2) is 55.0 Å². The molecular formula is C13H29N3OS. The molecule has 0 aromatic heterocycles. The highest BCUT2D eigenvalue weighted by molar-refractivity contribution is 7.98. The van der Waals surface area contributed by atoms with Gasteiger partial charge < -0.3 is 16.0 Å². The zero-order valence-corrected chi connectivity index (χ0v) is 13.1. The van der Waals surface area contributed by atoms with Gasteiger partial charge in [0.25, 0.3) is 0 Å². The third kappa shape index (κ3) is 8.78. The molecule has 5 heteroatoms. The van der Waals surface area contributed by atoms with Crippen LogP contribution in [0.3, 0.4) is 0 Å². The van der Waals surface area contributed by atoms with Crippen LogP contribution in [0.1, 0.15) is 33.1 Å². The summed E-state index contributed by atoms with van der Waals surface area (Å²) >= 11 is 1.72. The number of unbranched alkanes of at least 4 members (excludes halogenated alkanes) is 1. The molecule has 0 aromatic carbocycles. The Kier molecular flexibility index (Phi) is 10.5. The molecule has 0 bridgehead atoms. The van der Waals surface area contributed by atoms with Crippen molar-refractivity contribution < 1.29 is 4.79 Å². The SMILES string of the molecule is CSCC[C@@H](N)C(=O)NCCCCN(C)C(C)C. The summed E-state index contributed by atoms with van der Waals surface area (Å²) in [4.78, 5) is 13.9. The van der Waals surface area contributed by atoms with Crippen molar-refractivity contribution in [3.05, 3.63) is 0 Å². The Labute approximate surface area is 116 Å². The fourth-order valence-corrected chi connectivity index (χ4v) is 1.95. The van der Waals surface area contributed by atoms with Gasteiger partial charge in [0, 0.05) is 12.6 Å². The zero-order chi connectivity index (χ0) is 14.0. The zero-order valence-electron chi connectivity index (χ0n) is 12.2. The van der Waals surface area contributed by atoms with E-state index in [1.165, 1.54) is 0 Å². The first-order valence-electron chi connectivity index (χ1n) is 6.71. The number of carbonyl (C=O) groups excluding carboxylic acids is 1. The number of nitrogens with two attached hydrogens (primary N) is 1. The predicted molar refractivity (Wildman–Crippen MR) is 81.0 cm³/mol.